The number of hydrogen-bond donors (Lipinski definition) is 0. The zero-order chi connectivity index (χ0) is 15.2. The third-order valence-corrected chi connectivity index (χ3v) is 2.95. The monoisotopic (exact) mass is 304 g/mol. The minimum absolute atomic E-state index is 0. The van der Waals surface area contributed by atoms with E-state index in [0.717, 1.165) is 0 Å². The van der Waals surface area contributed by atoms with Gasteiger partial charge in [0.2, 0.25) is 0 Å². The number of ether oxygens (including phenoxy) is 1. The fourth-order valence-electron chi connectivity index (χ4n) is 1.87. The second-order valence-electron chi connectivity index (χ2n) is 4.30. The van der Waals surface area contributed by atoms with E-state index in [2.05, 4.69) is 0 Å². The first-order chi connectivity index (χ1) is 10.1. The van der Waals surface area contributed by atoms with Gasteiger partial charge in [0.05, 0.1) is 13.1 Å². The zero-order valence-electron chi connectivity index (χ0n) is 12.4. The molecule has 2 aromatic rings. The molecular weight excluding hydrogens is 291 g/mol. The quantitative estimate of drug-likeness (QED) is 0.402. The maximum atomic E-state index is 12.1. The molecule has 0 aromatic heterocycles. The van der Waals surface area contributed by atoms with Crippen molar-refractivity contribution in [1.29, 1.82) is 0 Å². The van der Waals surface area contributed by atoms with Crippen molar-refractivity contribution in [2.75, 3.05) is 7.11 Å². The Balaban J connectivity index is 0.00000242. The summed E-state index contributed by atoms with van der Waals surface area (Å²) in [6, 6.07) is 13.1. The number of carbonyl (C=O) groups excluding carboxylic acids is 2. The number of ketones is 1. The van der Waals surface area contributed by atoms with E-state index in [1.807, 2.05) is 0 Å². The van der Waals surface area contributed by atoms with Crippen molar-refractivity contribution < 1.29 is 49.0 Å². The van der Waals surface area contributed by atoms with Crippen LogP contribution >= 0.6 is 0 Å². The Bertz CT molecular complexity index is 707. The summed E-state index contributed by atoms with van der Waals surface area (Å²) in [5, 5.41) is 11.0. The molecule has 0 aliphatic rings. The predicted octanol–water partition coefficient (Wildman–Crippen LogP) is -1.04. The SMILES string of the molecule is COc1cccc(C(=O)/C=C/c2ccccc2C(=O)[O-])c1.[Na+]. The number of rotatable bonds is 5. The summed E-state index contributed by atoms with van der Waals surface area (Å²) in [6.07, 6.45) is 2.80. The van der Waals surface area contributed by atoms with Crippen LogP contribution in [0.1, 0.15) is 26.3 Å². The molecule has 22 heavy (non-hydrogen) atoms. The Hall–Kier alpha value is -1.88. The van der Waals surface area contributed by atoms with Gasteiger partial charge in [-0.2, -0.15) is 0 Å². The van der Waals surface area contributed by atoms with Crippen molar-refractivity contribution in [1.82, 2.24) is 0 Å². The molecule has 0 fully saturated rings. The van der Waals surface area contributed by atoms with Crippen molar-refractivity contribution in [3.05, 3.63) is 71.3 Å². The van der Waals surface area contributed by atoms with E-state index in [1.165, 1.54) is 25.3 Å². The van der Waals surface area contributed by atoms with Gasteiger partial charge in [-0.1, -0.05) is 42.5 Å². The molecule has 0 saturated heterocycles. The average molecular weight is 304 g/mol. The van der Waals surface area contributed by atoms with Crippen LogP contribution < -0.4 is 39.4 Å². The van der Waals surface area contributed by atoms with Gasteiger partial charge in [-0.3, -0.25) is 4.79 Å². The predicted molar refractivity (Wildman–Crippen MR) is 77.1 cm³/mol. The molecule has 5 heteroatoms. The normalized spacial score (nSPS) is 10.0. The Morgan fingerprint density at radius 3 is 2.50 bits per heavy atom. The molecule has 0 amide bonds. The molecule has 0 atom stereocenters. The number of benzene rings is 2. The van der Waals surface area contributed by atoms with E-state index < -0.39 is 5.97 Å². The van der Waals surface area contributed by atoms with Crippen LogP contribution in [0.25, 0.3) is 6.08 Å². The zero-order valence-corrected chi connectivity index (χ0v) is 14.4. The molecule has 0 aliphatic heterocycles. The molecule has 0 aliphatic carbocycles. The van der Waals surface area contributed by atoms with Crippen LogP contribution in [0.2, 0.25) is 0 Å². The van der Waals surface area contributed by atoms with Gasteiger partial charge < -0.3 is 14.6 Å². The first kappa shape index (κ1) is 18.2. The van der Waals surface area contributed by atoms with E-state index in [4.69, 9.17) is 4.74 Å². The Kier molecular flexibility index (Phi) is 7.05. The van der Waals surface area contributed by atoms with E-state index in [-0.39, 0.29) is 40.9 Å². The van der Waals surface area contributed by atoms with E-state index >= 15 is 0 Å². The minimum Gasteiger partial charge on any atom is -0.545 e. The fraction of sp³-hybridized carbons (Fsp3) is 0.0588. The van der Waals surface area contributed by atoms with Crippen molar-refractivity contribution in [3.63, 3.8) is 0 Å². The van der Waals surface area contributed by atoms with Gasteiger partial charge >= 0.3 is 29.6 Å². The number of carboxylic acid groups (broad SMARTS) is 1. The van der Waals surface area contributed by atoms with Crippen LogP contribution in [0.4, 0.5) is 0 Å². The molecule has 2 aromatic carbocycles. The first-order valence-corrected chi connectivity index (χ1v) is 6.28. The number of methoxy groups -OCH3 is 1. The third kappa shape index (κ3) is 4.56. The van der Waals surface area contributed by atoms with Crippen molar-refractivity contribution in [2.24, 2.45) is 0 Å². The number of aromatic carboxylic acids is 1. The van der Waals surface area contributed by atoms with Crippen LogP contribution in [0.15, 0.2) is 54.6 Å². The topological polar surface area (TPSA) is 66.4 Å². The van der Waals surface area contributed by atoms with E-state index in [1.54, 1.807) is 42.5 Å². The van der Waals surface area contributed by atoms with Crippen LogP contribution in [-0.4, -0.2) is 18.9 Å². The van der Waals surface area contributed by atoms with Crippen molar-refractivity contribution >= 4 is 17.8 Å². The summed E-state index contributed by atoms with van der Waals surface area (Å²) < 4.78 is 5.06. The van der Waals surface area contributed by atoms with Crippen LogP contribution in [-0.2, 0) is 0 Å². The molecule has 0 heterocycles. The molecule has 0 N–H and O–H groups in total. The van der Waals surface area contributed by atoms with Crippen LogP contribution in [0.5, 0.6) is 5.75 Å². The minimum atomic E-state index is -1.27. The molecule has 0 radical (unpaired) electrons. The van der Waals surface area contributed by atoms with E-state index in [9.17, 15) is 14.7 Å². The summed E-state index contributed by atoms with van der Waals surface area (Å²) in [6.45, 7) is 0. The Morgan fingerprint density at radius 2 is 1.82 bits per heavy atom. The molecule has 106 valence electrons. The van der Waals surface area contributed by atoms with Crippen molar-refractivity contribution in [2.45, 2.75) is 0 Å². The summed E-state index contributed by atoms with van der Waals surface area (Å²) in [5.74, 6) is -0.921. The number of carbonyl (C=O) groups is 2. The summed E-state index contributed by atoms with van der Waals surface area (Å²) in [4.78, 5) is 23.0. The summed E-state index contributed by atoms with van der Waals surface area (Å²) in [7, 11) is 1.52. The largest absolute Gasteiger partial charge is 1.00 e. The molecule has 0 bridgehead atoms. The summed E-state index contributed by atoms with van der Waals surface area (Å²) in [5.41, 5.74) is 0.942. The summed E-state index contributed by atoms with van der Waals surface area (Å²) >= 11 is 0. The Labute approximate surface area is 150 Å². The van der Waals surface area contributed by atoms with Gasteiger partial charge in [-0.15, -0.1) is 0 Å². The molecule has 0 spiro atoms. The molecule has 0 unspecified atom stereocenters. The third-order valence-electron chi connectivity index (χ3n) is 2.95. The standard InChI is InChI=1S/C17H14O4.Na/c1-21-14-7-4-6-13(11-14)16(18)10-9-12-5-2-3-8-15(12)17(19)20;/h2-11H,1H3,(H,19,20);/q;+1/p-1/b10-9+;. The molecule has 4 nitrogen and oxygen atoms in total. The van der Waals surface area contributed by atoms with Gasteiger partial charge in [0.25, 0.3) is 0 Å². The van der Waals surface area contributed by atoms with Crippen molar-refractivity contribution in [3.8, 4) is 5.75 Å². The van der Waals surface area contributed by atoms with Gasteiger partial charge in [0.15, 0.2) is 5.78 Å². The Morgan fingerprint density at radius 1 is 1.09 bits per heavy atom. The van der Waals surface area contributed by atoms with Gasteiger partial charge in [-0.05, 0) is 23.8 Å². The average Bonchev–Trinajstić information content (AvgIpc) is 2.52. The number of carboxylic acids is 1. The molecular formula is C17H13NaO4. The number of allylic oxidation sites excluding steroid dienone is 1. The van der Waals surface area contributed by atoms with Crippen LogP contribution in [0, 0.1) is 0 Å². The fourth-order valence-corrected chi connectivity index (χ4v) is 1.87. The number of hydrogen-bond acceptors (Lipinski definition) is 4. The maximum Gasteiger partial charge on any atom is 1.00 e. The second-order valence-corrected chi connectivity index (χ2v) is 4.30. The van der Waals surface area contributed by atoms with Gasteiger partial charge in [0.1, 0.15) is 5.75 Å². The molecule has 2 rings (SSSR count). The van der Waals surface area contributed by atoms with Crippen LogP contribution in [0.3, 0.4) is 0 Å². The van der Waals surface area contributed by atoms with Gasteiger partial charge in [-0.25, -0.2) is 0 Å². The second kappa shape index (κ2) is 8.54. The van der Waals surface area contributed by atoms with E-state index in [0.29, 0.717) is 16.9 Å². The maximum absolute atomic E-state index is 12.1. The smallest absolute Gasteiger partial charge is 0.545 e. The molecule has 0 saturated carbocycles. The van der Waals surface area contributed by atoms with Gasteiger partial charge in [0, 0.05) is 11.1 Å². The first-order valence-electron chi connectivity index (χ1n) is 6.28.